The molecule has 0 amide bonds. The third-order valence-corrected chi connectivity index (χ3v) is 2.51. The first-order chi connectivity index (χ1) is 9.15. The van der Waals surface area contributed by atoms with Crippen LogP contribution in [0.15, 0.2) is 17.7 Å². The van der Waals surface area contributed by atoms with E-state index in [0.717, 1.165) is 0 Å². The number of methoxy groups -OCH3 is 1. The Morgan fingerprint density at radius 1 is 1.47 bits per heavy atom. The summed E-state index contributed by atoms with van der Waals surface area (Å²) in [6, 6.07) is 4.82. The number of nitrogens with zero attached hydrogens (tertiary/aromatic N) is 1. The van der Waals surface area contributed by atoms with E-state index in [2.05, 4.69) is 0 Å². The van der Waals surface area contributed by atoms with E-state index in [9.17, 15) is 4.79 Å². The zero-order chi connectivity index (χ0) is 13.8. The number of hydrogen-bond acceptors (Lipinski definition) is 5. The number of nitriles is 1. The fourth-order valence-electron chi connectivity index (χ4n) is 1.69. The number of carboxylic acids is 1. The molecular formula is C13H11NO5. The standard InChI is InChI=1S/C13H11NO5/c1-17-10-5-8(4-9(7-14)13(15)16)6-11-12(10)19-3-2-18-11/h4-6H,2-3H2,1H3,(H,15,16)/b9-4+. The van der Waals surface area contributed by atoms with Gasteiger partial charge in [0, 0.05) is 0 Å². The number of carbonyl (C=O) groups is 1. The number of ether oxygens (including phenoxy) is 3. The van der Waals surface area contributed by atoms with Crippen LogP contribution in [0.5, 0.6) is 17.2 Å². The van der Waals surface area contributed by atoms with Crippen molar-refractivity contribution in [2.45, 2.75) is 0 Å². The molecule has 1 aromatic carbocycles. The van der Waals surface area contributed by atoms with Gasteiger partial charge >= 0.3 is 5.97 Å². The van der Waals surface area contributed by atoms with Crippen LogP contribution < -0.4 is 14.2 Å². The van der Waals surface area contributed by atoms with Crippen molar-refractivity contribution in [3.8, 4) is 23.3 Å². The minimum atomic E-state index is -1.28. The summed E-state index contributed by atoms with van der Waals surface area (Å²) < 4.78 is 16.0. The summed E-state index contributed by atoms with van der Waals surface area (Å²) in [5.74, 6) is 0.113. The predicted octanol–water partition coefficient (Wildman–Crippen LogP) is 1.46. The zero-order valence-corrected chi connectivity index (χ0v) is 10.2. The molecule has 98 valence electrons. The summed E-state index contributed by atoms with van der Waals surface area (Å²) in [5.41, 5.74) is 0.138. The van der Waals surface area contributed by atoms with Crippen LogP contribution in [0.4, 0.5) is 0 Å². The van der Waals surface area contributed by atoms with E-state index in [4.69, 9.17) is 24.6 Å². The van der Waals surface area contributed by atoms with Gasteiger partial charge in [-0.05, 0) is 23.8 Å². The Morgan fingerprint density at radius 2 is 2.21 bits per heavy atom. The first kappa shape index (κ1) is 12.8. The zero-order valence-electron chi connectivity index (χ0n) is 10.2. The molecule has 19 heavy (non-hydrogen) atoms. The lowest BCUT2D eigenvalue weighted by molar-refractivity contribution is -0.132. The van der Waals surface area contributed by atoms with E-state index >= 15 is 0 Å². The van der Waals surface area contributed by atoms with Crippen molar-refractivity contribution in [2.75, 3.05) is 20.3 Å². The van der Waals surface area contributed by atoms with E-state index in [0.29, 0.717) is 36.0 Å². The summed E-state index contributed by atoms with van der Waals surface area (Å²) in [6.07, 6.45) is 1.25. The van der Waals surface area contributed by atoms with Crippen LogP contribution in [-0.4, -0.2) is 31.4 Å². The van der Waals surface area contributed by atoms with Crippen molar-refractivity contribution in [1.29, 1.82) is 5.26 Å². The molecule has 0 fully saturated rings. The van der Waals surface area contributed by atoms with Crippen LogP contribution in [-0.2, 0) is 4.79 Å². The molecule has 1 heterocycles. The molecular weight excluding hydrogens is 250 g/mol. The van der Waals surface area contributed by atoms with Gasteiger partial charge in [-0.3, -0.25) is 0 Å². The number of hydrogen-bond donors (Lipinski definition) is 1. The molecule has 0 saturated carbocycles. The summed E-state index contributed by atoms with van der Waals surface area (Å²) in [7, 11) is 1.48. The lowest BCUT2D eigenvalue weighted by Gasteiger charge is -2.20. The number of aliphatic carboxylic acids is 1. The van der Waals surface area contributed by atoms with Crippen LogP contribution in [0.3, 0.4) is 0 Å². The molecule has 0 spiro atoms. The Bertz CT molecular complexity index is 568. The maximum absolute atomic E-state index is 10.8. The van der Waals surface area contributed by atoms with Crippen LogP contribution >= 0.6 is 0 Å². The predicted molar refractivity (Wildman–Crippen MR) is 65.2 cm³/mol. The highest BCUT2D eigenvalue weighted by Gasteiger charge is 2.18. The number of rotatable bonds is 3. The van der Waals surface area contributed by atoms with Gasteiger partial charge in [0.1, 0.15) is 24.9 Å². The molecule has 2 rings (SSSR count). The maximum atomic E-state index is 10.8. The molecule has 1 N–H and O–H groups in total. The summed E-state index contributed by atoms with van der Waals surface area (Å²) in [6.45, 7) is 0.838. The average molecular weight is 261 g/mol. The number of benzene rings is 1. The summed E-state index contributed by atoms with van der Waals surface area (Å²) >= 11 is 0. The second-order valence-corrected chi connectivity index (χ2v) is 3.72. The van der Waals surface area contributed by atoms with Gasteiger partial charge < -0.3 is 19.3 Å². The molecule has 1 aromatic rings. The third-order valence-electron chi connectivity index (χ3n) is 2.51. The molecule has 0 saturated heterocycles. The second-order valence-electron chi connectivity index (χ2n) is 3.72. The van der Waals surface area contributed by atoms with E-state index in [1.54, 1.807) is 18.2 Å². The van der Waals surface area contributed by atoms with Gasteiger partial charge in [0.25, 0.3) is 0 Å². The molecule has 0 atom stereocenters. The van der Waals surface area contributed by atoms with Gasteiger partial charge in [0.15, 0.2) is 11.5 Å². The Hall–Kier alpha value is -2.68. The topological polar surface area (TPSA) is 88.8 Å². The Morgan fingerprint density at radius 3 is 2.84 bits per heavy atom. The first-order valence-electron chi connectivity index (χ1n) is 5.48. The van der Waals surface area contributed by atoms with Crippen LogP contribution in [0.25, 0.3) is 6.08 Å². The molecule has 1 aliphatic heterocycles. The van der Waals surface area contributed by atoms with Crippen LogP contribution in [0, 0.1) is 11.3 Å². The largest absolute Gasteiger partial charge is 0.493 e. The lowest BCUT2D eigenvalue weighted by atomic mass is 10.1. The summed E-state index contributed by atoms with van der Waals surface area (Å²) in [5, 5.41) is 17.6. The lowest BCUT2D eigenvalue weighted by Crippen LogP contribution is -2.16. The Balaban J connectivity index is 2.48. The van der Waals surface area contributed by atoms with E-state index in [1.807, 2.05) is 0 Å². The quantitative estimate of drug-likeness (QED) is 0.654. The number of carboxylic acid groups (broad SMARTS) is 1. The molecule has 0 aliphatic carbocycles. The van der Waals surface area contributed by atoms with Crippen LogP contribution in [0.2, 0.25) is 0 Å². The normalized spacial score (nSPS) is 13.6. The molecule has 0 bridgehead atoms. The fraction of sp³-hybridized carbons (Fsp3) is 0.231. The Labute approximate surface area is 109 Å². The van der Waals surface area contributed by atoms with Crippen LogP contribution in [0.1, 0.15) is 5.56 Å². The van der Waals surface area contributed by atoms with Gasteiger partial charge in [-0.1, -0.05) is 0 Å². The molecule has 6 heteroatoms. The fourth-order valence-corrected chi connectivity index (χ4v) is 1.69. The molecule has 0 radical (unpaired) electrons. The van der Waals surface area contributed by atoms with Gasteiger partial charge in [-0.15, -0.1) is 0 Å². The highest BCUT2D eigenvalue weighted by molar-refractivity contribution is 5.96. The van der Waals surface area contributed by atoms with Crippen molar-refractivity contribution >= 4 is 12.0 Å². The minimum Gasteiger partial charge on any atom is -0.493 e. The van der Waals surface area contributed by atoms with Crippen molar-refractivity contribution in [3.05, 3.63) is 23.3 Å². The molecule has 6 nitrogen and oxygen atoms in total. The van der Waals surface area contributed by atoms with E-state index < -0.39 is 5.97 Å². The van der Waals surface area contributed by atoms with Crippen molar-refractivity contribution < 1.29 is 24.1 Å². The summed E-state index contributed by atoms with van der Waals surface area (Å²) in [4.78, 5) is 10.8. The van der Waals surface area contributed by atoms with Gasteiger partial charge in [0.05, 0.1) is 7.11 Å². The molecule has 0 unspecified atom stereocenters. The van der Waals surface area contributed by atoms with Gasteiger partial charge in [-0.25, -0.2) is 4.79 Å². The van der Waals surface area contributed by atoms with Crippen molar-refractivity contribution in [3.63, 3.8) is 0 Å². The van der Waals surface area contributed by atoms with Gasteiger partial charge in [-0.2, -0.15) is 5.26 Å². The smallest absolute Gasteiger partial charge is 0.346 e. The Kier molecular flexibility index (Phi) is 3.57. The number of fused-ring (bicyclic) bond motifs is 1. The van der Waals surface area contributed by atoms with E-state index in [-0.39, 0.29) is 5.57 Å². The van der Waals surface area contributed by atoms with Crippen molar-refractivity contribution in [2.24, 2.45) is 0 Å². The highest BCUT2D eigenvalue weighted by Crippen LogP contribution is 2.40. The SMILES string of the molecule is COc1cc(/C=C(\C#N)C(=O)O)cc2c1OCCO2. The molecule has 0 aromatic heterocycles. The first-order valence-corrected chi connectivity index (χ1v) is 5.48. The van der Waals surface area contributed by atoms with Crippen molar-refractivity contribution in [1.82, 2.24) is 0 Å². The monoisotopic (exact) mass is 261 g/mol. The molecule has 1 aliphatic rings. The van der Waals surface area contributed by atoms with Gasteiger partial charge in [0.2, 0.25) is 5.75 Å². The second kappa shape index (κ2) is 5.31. The van der Waals surface area contributed by atoms with E-state index in [1.165, 1.54) is 13.2 Å². The minimum absolute atomic E-state index is 0.362. The maximum Gasteiger partial charge on any atom is 0.346 e. The average Bonchev–Trinajstić information content (AvgIpc) is 2.43. The third kappa shape index (κ3) is 2.60. The highest BCUT2D eigenvalue weighted by atomic mass is 16.6.